The lowest BCUT2D eigenvalue weighted by molar-refractivity contribution is -0.143. The quantitative estimate of drug-likeness (QED) is 0.876. The van der Waals surface area contributed by atoms with Crippen LogP contribution in [0.25, 0.3) is 0 Å². The van der Waals surface area contributed by atoms with E-state index in [9.17, 15) is 9.59 Å². The Balaban J connectivity index is 1.66. The number of aryl methyl sites for hydroxylation is 1. The van der Waals surface area contributed by atoms with Crippen molar-refractivity contribution >= 4 is 23.2 Å². The summed E-state index contributed by atoms with van der Waals surface area (Å²) in [4.78, 5) is 28.6. The molecule has 1 aromatic rings. The molecule has 1 amide bonds. The molecular formula is C15H20N2O3S. The van der Waals surface area contributed by atoms with E-state index in [1.54, 1.807) is 0 Å². The average molecular weight is 308 g/mol. The Bertz CT molecular complexity index is 571. The fourth-order valence-electron chi connectivity index (χ4n) is 2.92. The van der Waals surface area contributed by atoms with Gasteiger partial charge in [0.2, 0.25) is 0 Å². The summed E-state index contributed by atoms with van der Waals surface area (Å²) >= 11 is 1.47. The van der Waals surface area contributed by atoms with Crippen molar-refractivity contribution in [2.75, 3.05) is 6.54 Å². The SMILES string of the molecule is Cc1nc(C2CCCC2)sc1C(=O)NCC1(C(=O)O)CC1. The fraction of sp³-hybridized carbons (Fsp3) is 0.667. The molecule has 2 aliphatic rings. The summed E-state index contributed by atoms with van der Waals surface area (Å²) in [7, 11) is 0. The van der Waals surface area contributed by atoms with Gasteiger partial charge in [-0.15, -0.1) is 11.3 Å². The number of carbonyl (C=O) groups excluding carboxylic acids is 1. The molecule has 0 radical (unpaired) electrons. The standard InChI is InChI=1S/C15H20N2O3S/c1-9-11(21-13(17-9)10-4-2-3-5-10)12(18)16-8-15(6-7-15)14(19)20/h10H,2-8H2,1H3,(H,16,18)(H,19,20). The van der Waals surface area contributed by atoms with Gasteiger partial charge >= 0.3 is 5.97 Å². The van der Waals surface area contributed by atoms with E-state index in [-0.39, 0.29) is 12.5 Å². The van der Waals surface area contributed by atoms with E-state index in [1.807, 2.05) is 6.92 Å². The van der Waals surface area contributed by atoms with Crippen LogP contribution in [-0.4, -0.2) is 28.5 Å². The molecule has 1 aromatic heterocycles. The minimum atomic E-state index is -0.810. The second-order valence-corrected chi connectivity index (χ2v) is 7.25. The van der Waals surface area contributed by atoms with Gasteiger partial charge in [-0.25, -0.2) is 4.98 Å². The molecule has 3 rings (SSSR count). The number of carbonyl (C=O) groups is 2. The van der Waals surface area contributed by atoms with E-state index in [0.29, 0.717) is 23.6 Å². The molecule has 114 valence electrons. The van der Waals surface area contributed by atoms with E-state index in [0.717, 1.165) is 23.5 Å². The third-order valence-electron chi connectivity index (χ3n) is 4.62. The molecule has 0 bridgehead atoms. The first kappa shape index (κ1) is 14.5. The van der Waals surface area contributed by atoms with Crippen molar-refractivity contribution in [3.05, 3.63) is 15.6 Å². The Morgan fingerprint density at radius 2 is 2.05 bits per heavy atom. The normalized spacial score (nSPS) is 20.4. The maximum absolute atomic E-state index is 12.3. The van der Waals surface area contributed by atoms with Crippen molar-refractivity contribution in [1.82, 2.24) is 10.3 Å². The summed E-state index contributed by atoms with van der Waals surface area (Å²) in [6, 6.07) is 0. The number of thiazole rings is 1. The van der Waals surface area contributed by atoms with Crippen molar-refractivity contribution in [2.24, 2.45) is 5.41 Å². The second kappa shape index (κ2) is 5.40. The van der Waals surface area contributed by atoms with Gasteiger partial charge in [-0.05, 0) is 32.6 Å². The third kappa shape index (κ3) is 2.81. The second-order valence-electron chi connectivity index (χ2n) is 6.22. The molecule has 0 unspecified atom stereocenters. The molecule has 0 saturated heterocycles. The highest BCUT2D eigenvalue weighted by atomic mass is 32.1. The Hall–Kier alpha value is -1.43. The maximum atomic E-state index is 12.3. The molecule has 2 fully saturated rings. The van der Waals surface area contributed by atoms with E-state index < -0.39 is 11.4 Å². The number of hydrogen-bond donors (Lipinski definition) is 2. The van der Waals surface area contributed by atoms with Gasteiger partial charge in [0.25, 0.3) is 5.91 Å². The smallest absolute Gasteiger partial charge is 0.311 e. The van der Waals surface area contributed by atoms with Crippen molar-refractivity contribution < 1.29 is 14.7 Å². The maximum Gasteiger partial charge on any atom is 0.311 e. The highest BCUT2D eigenvalue weighted by Crippen LogP contribution is 2.45. The molecule has 0 aromatic carbocycles. The predicted octanol–water partition coefficient (Wildman–Crippen LogP) is 2.70. The first-order valence-corrected chi connectivity index (χ1v) is 8.32. The summed E-state index contributed by atoms with van der Waals surface area (Å²) in [5.41, 5.74) is 0.0438. The molecule has 0 atom stereocenters. The van der Waals surface area contributed by atoms with E-state index in [2.05, 4.69) is 10.3 Å². The van der Waals surface area contributed by atoms with Crippen LogP contribution in [0.15, 0.2) is 0 Å². The van der Waals surface area contributed by atoms with Crippen LogP contribution in [0.5, 0.6) is 0 Å². The number of nitrogens with zero attached hydrogens (tertiary/aromatic N) is 1. The number of aromatic nitrogens is 1. The van der Waals surface area contributed by atoms with Crippen LogP contribution in [0.4, 0.5) is 0 Å². The van der Waals surface area contributed by atoms with Gasteiger partial charge in [0, 0.05) is 12.5 Å². The van der Waals surface area contributed by atoms with Crippen LogP contribution in [0.2, 0.25) is 0 Å². The topological polar surface area (TPSA) is 79.3 Å². The van der Waals surface area contributed by atoms with Crippen molar-refractivity contribution in [3.63, 3.8) is 0 Å². The molecule has 5 nitrogen and oxygen atoms in total. The lowest BCUT2D eigenvalue weighted by atomic mass is 10.1. The van der Waals surface area contributed by atoms with Gasteiger partial charge in [-0.1, -0.05) is 12.8 Å². The lowest BCUT2D eigenvalue weighted by Crippen LogP contribution is -2.34. The Morgan fingerprint density at radius 1 is 1.38 bits per heavy atom. The molecule has 21 heavy (non-hydrogen) atoms. The zero-order valence-corrected chi connectivity index (χ0v) is 13.0. The Kier molecular flexibility index (Phi) is 3.73. The molecule has 2 saturated carbocycles. The van der Waals surface area contributed by atoms with Crippen molar-refractivity contribution in [3.8, 4) is 0 Å². The fourth-order valence-corrected chi connectivity index (χ4v) is 4.07. The third-order valence-corrected chi connectivity index (χ3v) is 5.94. The molecule has 2 N–H and O–H groups in total. The summed E-state index contributed by atoms with van der Waals surface area (Å²) in [6.45, 7) is 2.07. The van der Waals surface area contributed by atoms with Crippen LogP contribution in [-0.2, 0) is 4.79 Å². The predicted molar refractivity (Wildman–Crippen MR) is 79.7 cm³/mol. The van der Waals surface area contributed by atoms with Crippen LogP contribution in [0.3, 0.4) is 0 Å². The zero-order chi connectivity index (χ0) is 15.0. The van der Waals surface area contributed by atoms with Crippen molar-refractivity contribution in [2.45, 2.75) is 51.4 Å². The summed E-state index contributed by atoms with van der Waals surface area (Å²) in [5.74, 6) is -0.485. The molecule has 2 aliphatic carbocycles. The average Bonchev–Trinajstić information content (AvgIpc) is 2.87. The van der Waals surface area contributed by atoms with Crippen LogP contribution in [0.1, 0.15) is 64.8 Å². The van der Waals surface area contributed by atoms with Gasteiger partial charge in [0.15, 0.2) is 0 Å². The van der Waals surface area contributed by atoms with Crippen LogP contribution < -0.4 is 5.32 Å². The summed E-state index contributed by atoms with van der Waals surface area (Å²) < 4.78 is 0. The monoisotopic (exact) mass is 308 g/mol. The number of amides is 1. The van der Waals surface area contributed by atoms with Gasteiger partial charge in [0.05, 0.1) is 16.1 Å². The van der Waals surface area contributed by atoms with E-state index >= 15 is 0 Å². The summed E-state index contributed by atoms with van der Waals surface area (Å²) in [5, 5.41) is 13.0. The zero-order valence-electron chi connectivity index (χ0n) is 12.1. The Morgan fingerprint density at radius 3 is 2.62 bits per heavy atom. The molecule has 0 aliphatic heterocycles. The van der Waals surface area contributed by atoms with Gasteiger partial charge in [-0.2, -0.15) is 0 Å². The largest absolute Gasteiger partial charge is 0.481 e. The number of carboxylic acids is 1. The highest BCUT2D eigenvalue weighted by Gasteiger charge is 2.50. The first-order valence-electron chi connectivity index (χ1n) is 7.51. The van der Waals surface area contributed by atoms with Crippen molar-refractivity contribution in [1.29, 1.82) is 0 Å². The highest BCUT2D eigenvalue weighted by molar-refractivity contribution is 7.13. The molecule has 0 spiro atoms. The number of nitrogens with one attached hydrogen (secondary N) is 1. The molecule has 1 heterocycles. The van der Waals surface area contributed by atoms with Crippen LogP contribution in [0, 0.1) is 12.3 Å². The van der Waals surface area contributed by atoms with Crippen LogP contribution >= 0.6 is 11.3 Å². The van der Waals surface area contributed by atoms with Gasteiger partial charge < -0.3 is 10.4 Å². The number of rotatable bonds is 5. The number of carboxylic acid groups (broad SMARTS) is 1. The number of aliphatic carboxylic acids is 1. The first-order chi connectivity index (χ1) is 10.0. The number of hydrogen-bond acceptors (Lipinski definition) is 4. The molecular weight excluding hydrogens is 288 g/mol. The molecule has 6 heteroatoms. The van der Waals surface area contributed by atoms with Gasteiger partial charge in [-0.3, -0.25) is 9.59 Å². The van der Waals surface area contributed by atoms with E-state index in [1.165, 1.54) is 24.2 Å². The summed E-state index contributed by atoms with van der Waals surface area (Å²) in [6.07, 6.45) is 6.11. The Labute approximate surface area is 127 Å². The minimum absolute atomic E-state index is 0.179. The van der Waals surface area contributed by atoms with Gasteiger partial charge in [0.1, 0.15) is 4.88 Å². The lowest BCUT2D eigenvalue weighted by Gasteiger charge is -2.10. The van der Waals surface area contributed by atoms with E-state index in [4.69, 9.17) is 5.11 Å². The minimum Gasteiger partial charge on any atom is -0.481 e.